The van der Waals surface area contributed by atoms with E-state index in [4.69, 9.17) is 9.47 Å². The van der Waals surface area contributed by atoms with Crippen LogP contribution in [0.5, 0.6) is 0 Å². The Bertz CT molecular complexity index is 541. The smallest absolute Gasteiger partial charge is 0.0700 e. The first-order valence-corrected chi connectivity index (χ1v) is 7.60. The summed E-state index contributed by atoms with van der Waals surface area (Å²) in [7, 11) is 1.69. The van der Waals surface area contributed by atoms with Crippen molar-refractivity contribution in [3.05, 3.63) is 48.0 Å². The third-order valence-electron chi connectivity index (χ3n) is 3.62. The van der Waals surface area contributed by atoms with Gasteiger partial charge in [-0.15, -0.1) is 0 Å². The minimum absolute atomic E-state index is 0.355. The van der Waals surface area contributed by atoms with E-state index in [1.807, 2.05) is 0 Å². The van der Waals surface area contributed by atoms with Crippen molar-refractivity contribution in [1.29, 1.82) is 0 Å². The Morgan fingerprint density at radius 2 is 1.81 bits per heavy atom. The van der Waals surface area contributed by atoms with Gasteiger partial charge < -0.3 is 14.8 Å². The molecule has 1 atom stereocenters. The SMILES string of the molecule is COCCOCCCNC(C)c1ccc2ccccc2c1. The van der Waals surface area contributed by atoms with Crippen LogP contribution in [0, 0.1) is 0 Å². The van der Waals surface area contributed by atoms with Crippen molar-refractivity contribution < 1.29 is 9.47 Å². The van der Waals surface area contributed by atoms with Crippen LogP contribution >= 0.6 is 0 Å². The van der Waals surface area contributed by atoms with Gasteiger partial charge in [-0.2, -0.15) is 0 Å². The van der Waals surface area contributed by atoms with Crippen LogP contribution in [0.25, 0.3) is 10.8 Å². The van der Waals surface area contributed by atoms with E-state index >= 15 is 0 Å². The Labute approximate surface area is 127 Å². The molecule has 0 aliphatic heterocycles. The van der Waals surface area contributed by atoms with Crippen LogP contribution in [-0.2, 0) is 9.47 Å². The summed E-state index contributed by atoms with van der Waals surface area (Å²) in [5.74, 6) is 0. The van der Waals surface area contributed by atoms with Crippen molar-refractivity contribution in [1.82, 2.24) is 5.32 Å². The zero-order valence-corrected chi connectivity index (χ0v) is 13.0. The number of rotatable bonds is 9. The molecule has 21 heavy (non-hydrogen) atoms. The van der Waals surface area contributed by atoms with E-state index in [9.17, 15) is 0 Å². The van der Waals surface area contributed by atoms with Gasteiger partial charge in [0.2, 0.25) is 0 Å². The van der Waals surface area contributed by atoms with Gasteiger partial charge in [-0.1, -0.05) is 36.4 Å². The van der Waals surface area contributed by atoms with Crippen LogP contribution in [0.2, 0.25) is 0 Å². The molecule has 1 N–H and O–H groups in total. The number of nitrogens with one attached hydrogen (secondary N) is 1. The summed E-state index contributed by atoms with van der Waals surface area (Å²) in [4.78, 5) is 0. The summed E-state index contributed by atoms with van der Waals surface area (Å²) in [5, 5.41) is 6.13. The summed E-state index contributed by atoms with van der Waals surface area (Å²) < 4.78 is 10.4. The van der Waals surface area contributed by atoms with Crippen molar-refractivity contribution in [2.24, 2.45) is 0 Å². The fraction of sp³-hybridized carbons (Fsp3) is 0.444. The lowest BCUT2D eigenvalue weighted by atomic mass is 10.0. The number of ether oxygens (including phenoxy) is 2. The molecule has 3 heteroatoms. The van der Waals surface area contributed by atoms with E-state index in [0.29, 0.717) is 19.3 Å². The van der Waals surface area contributed by atoms with Crippen LogP contribution in [0.4, 0.5) is 0 Å². The molecule has 2 aromatic carbocycles. The van der Waals surface area contributed by atoms with Crippen molar-refractivity contribution >= 4 is 10.8 Å². The minimum atomic E-state index is 0.355. The molecule has 0 bridgehead atoms. The lowest BCUT2D eigenvalue weighted by molar-refractivity contribution is 0.0693. The highest BCUT2D eigenvalue weighted by Gasteiger charge is 2.05. The summed E-state index contributed by atoms with van der Waals surface area (Å²) in [6, 6.07) is 15.5. The topological polar surface area (TPSA) is 30.5 Å². The Kier molecular flexibility index (Phi) is 6.67. The van der Waals surface area contributed by atoms with Crippen molar-refractivity contribution in [2.45, 2.75) is 19.4 Å². The van der Waals surface area contributed by atoms with Crippen molar-refractivity contribution in [3.8, 4) is 0 Å². The van der Waals surface area contributed by atoms with Crippen LogP contribution in [-0.4, -0.2) is 33.5 Å². The van der Waals surface area contributed by atoms with Gasteiger partial charge in [0.15, 0.2) is 0 Å². The van der Waals surface area contributed by atoms with Crippen molar-refractivity contribution in [3.63, 3.8) is 0 Å². The number of fused-ring (bicyclic) bond motifs is 1. The first-order valence-electron chi connectivity index (χ1n) is 7.60. The predicted octanol–water partition coefficient (Wildman–Crippen LogP) is 3.54. The van der Waals surface area contributed by atoms with E-state index in [1.54, 1.807) is 7.11 Å². The van der Waals surface area contributed by atoms with Gasteiger partial charge in [-0.3, -0.25) is 0 Å². The van der Waals surface area contributed by atoms with E-state index in [2.05, 4.69) is 54.7 Å². The van der Waals surface area contributed by atoms with Crippen LogP contribution < -0.4 is 5.32 Å². The summed E-state index contributed by atoms with van der Waals surface area (Å²) in [6.07, 6.45) is 1.02. The predicted molar refractivity (Wildman–Crippen MR) is 87.7 cm³/mol. The zero-order valence-electron chi connectivity index (χ0n) is 13.0. The second-order valence-electron chi connectivity index (χ2n) is 5.24. The largest absolute Gasteiger partial charge is 0.382 e. The summed E-state index contributed by atoms with van der Waals surface area (Å²) in [5.41, 5.74) is 1.33. The molecule has 3 nitrogen and oxygen atoms in total. The van der Waals surface area contributed by atoms with Gasteiger partial charge in [0.1, 0.15) is 0 Å². The van der Waals surface area contributed by atoms with E-state index in [1.165, 1.54) is 16.3 Å². The van der Waals surface area contributed by atoms with E-state index in [-0.39, 0.29) is 0 Å². The van der Waals surface area contributed by atoms with Gasteiger partial charge in [0.25, 0.3) is 0 Å². The van der Waals surface area contributed by atoms with Gasteiger partial charge in [-0.25, -0.2) is 0 Å². The molecule has 0 fully saturated rings. The molecule has 0 aliphatic carbocycles. The molecule has 2 rings (SSSR count). The molecule has 0 saturated heterocycles. The average molecular weight is 287 g/mol. The fourth-order valence-electron chi connectivity index (χ4n) is 2.33. The maximum atomic E-state index is 5.45. The van der Waals surface area contributed by atoms with Gasteiger partial charge in [0.05, 0.1) is 13.2 Å². The van der Waals surface area contributed by atoms with Crippen LogP contribution in [0.15, 0.2) is 42.5 Å². The van der Waals surface area contributed by atoms with Crippen LogP contribution in [0.3, 0.4) is 0 Å². The van der Waals surface area contributed by atoms with Crippen molar-refractivity contribution in [2.75, 3.05) is 33.5 Å². The fourth-order valence-corrected chi connectivity index (χ4v) is 2.33. The minimum Gasteiger partial charge on any atom is -0.382 e. The van der Waals surface area contributed by atoms with Gasteiger partial charge in [0, 0.05) is 19.8 Å². The van der Waals surface area contributed by atoms with Gasteiger partial charge in [-0.05, 0) is 42.3 Å². The Morgan fingerprint density at radius 1 is 1.00 bits per heavy atom. The molecule has 2 aromatic rings. The second kappa shape index (κ2) is 8.78. The number of hydrogen-bond acceptors (Lipinski definition) is 3. The van der Waals surface area contributed by atoms with E-state index < -0.39 is 0 Å². The van der Waals surface area contributed by atoms with Crippen LogP contribution in [0.1, 0.15) is 24.9 Å². The maximum Gasteiger partial charge on any atom is 0.0700 e. The normalized spacial score (nSPS) is 12.7. The highest BCUT2D eigenvalue weighted by Crippen LogP contribution is 2.20. The summed E-state index contributed by atoms with van der Waals surface area (Å²) >= 11 is 0. The monoisotopic (exact) mass is 287 g/mol. The first-order chi connectivity index (χ1) is 10.3. The molecule has 0 saturated carbocycles. The summed E-state index contributed by atoms with van der Waals surface area (Å²) in [6.45, 7) is 5.29. The number of benzene rings is 2. The highest BCUT2D eigenvalue weighted by atomic mass is 16.5. The Balaban J connectivity index is 1.75. The Hall–Kier alpha value is -1.42. The third-order valence-corrected chi connectivity index (χ3v) is 3.62. The molecule has 0 aromatic heterocycles. The first kappa shape index (κ1) is 16.0. The molecule has 0 amide bonds. The quantitative estimate of drug-likeness (QED) is 0.716. The lowest BCUT2D eigenvalue weighted by Crippen LogP contribution is -2.21. The third kappa shape index (κ3) is 5.12. The number of methoxy groups -OCH3 is 1. The van der Waals surface area contributed by atoms with Gasteiger partial charge >= 0.3 is 0 Å². The molecule has 0 radical (unpaired) electrons. The molecule has 114 valence electrons. The highest BCUT2D eigenvalue weighted by molar-refractivity contribution is 5.83. The molecule has 0 aliphatic rings. The molecule has 0 heterocycles. The average Bonchev–Trinajstić information content (AvgIpc) is 2.53. The molecule has 0 spiro atoms. The maximum absolute atomic E-state index is 5.45. The Morgan fingerprint density at radius 3 is 2.62 bits per heavy atom. The number of hydrogen-bond donors (Lipinski definition) is 1. The molecular weight excluding hydrogens is 262 g/mol. The lowest BCUT2D eigenvalue weighted by Gasteiger charge is -2.15. The zero-order chi connectivity index (χ0) is 14.9. The van der Waals surface area contributed by atoms with E-state index in [0.717, 1.165) is 19.6 Å². The molecular formula is C18H25NO2. The second-order valence-corrected chi connectivity index (χ2v) is 5.24. The standard InChI is InChI=1S/C18H25NO2/c1-15(19-10-5-11-21-13-12-20-2)17-9-8-16-6-3-4-7-18(16)14-17/h3-4,6-9,14-15,19H,5,10-13H2,1-2H3. The molecule has 1 unspecified atom stereocenters.